The third-order valence-electron chi connectivity index (χ3n) is 5.27. The van der Waals surface area contributed by atoms with Crippen molar-refractivity contribution < 1.29 is 8.42 Å². The maximum atomic E-state index is 13.5. The number of rotatable bonds is 4. The van der Waals surface area contributed by atoms with Gasteiger partial charge in [-0.2, -0.15) is 21.4 Å². The number of anilines is 1. The van der Waals surface area contributed by atoms with Gasteiger partial charge >= 0.3 is 0 Å². The normalized spacial score (nSPS) is 17.1. The molecular formula is C19H21N5O2S3. The lowest BCUT2D eigenvalue weighted by Gasteiger charge is -2.31. The molecule has 2 aliphatic heterocycles. The van der Waals surface area contributed by atoms with E-state index in [1.54, 1.807) is 28.8 Å². The van der Waals surface area contributed by atoms with Crippen LogP contribution in [0.15, 0.2) is 45.1 Å². The number of piperazine rings is 1. The van der Waals surface area contributed by atoms with Gasteiger partial charge in [0, 0.05) is 43.2 Å². The van der Waals surface area contributed by atoms with Crippen LogP contribution in [0, 0.1) is 0 Å². The first-order chi connectivity index (χ1) is 14.1. The lowest BCUT2D eigenvalue weighted by molar-refractivity contribution is 0.577. The second-order valence-electron chi connectivity index (χ2n) is 6.98. The molecule has 0 saturated carbocycles. The summed E-state index contributed by atoms with van der Waals surface area (Å²) in [5.74, 6) is 2.68. The predicted molar refractivity (Wildman–Crippen MR) is 117 cm³/mol. The number of fused-ring (bicyclic) bond motifs is 2. The van der Waals surface area contributed by atoms with Gasteiger partial charge in [0.2, 0.25) is 9.84 Å². The molecule has 0 bridgehead atoms. The molecule has 5 rings (SSSR count). The van der Waals surface area contributed by atoms with E-state index in [4.69, 9.17) is 10.1 Å². The minimum atomic E-state index is -3.73. The van der Waals surface area contributed by atoms with Crippen LogP contribution in [0.25, 0.3) is 5.65 Å². The first kappa shape index (κ1) is 19.2. The fourth-order valence-corrected chi connectivity index (χ4v) is 7.33. The Morgan fingerprint density at radius 3 is 2.62 bits per heavy atom. The standard InChI is InChI=1S/C19H21N5O2S3/c1-27-18-16(29(25,26)13-5-3-2-4-6-13)17-21-15-12-28-11-14(15)19(24(17)22-18)23-9-7-20-8-10-23/h2-6,20H,7-12H2,1H3. The van der Waals surface area contributed by atoms with E-state index in [2.05, 4.69) is 10.2 Å². The van der Waals surface area contributed by atoms with Crippen LogP contribution in [0.3, 0.4) is 0 Å². The minimum absolute atomic E-state index is 0.215. The molecule has 1 saturated heterocycles. The Morgan fingerprint density at radius 2 is 1.90 bits per heavy atom. The largest absolute Gasteiger partial charge is 0.354 e. The van der Waals surface area contributed by atoms with Gasteiger partial charge < -0.3 is 10.2 Å². The molecule has 1 fully saturated rings. The Morgan fingerprint density at radius 1 is 1.14 bits per heavy atom. The zero-order valence-corrected chi connectivity index (χ0v) is 18.4. The van der Waals surface area contributed by atoms with Crippen molar-refractivity contribution in [3.8, 4) is 0 Å². The molecule has 3 aromatic rings. The first-order valence-corrected chi connectivity index (χ1v) is 13.3. The summed E-state index contributed by atoms with van der Waals surface area (Å²) in [5, 5.41) is 8.62. The van der Waals surface area contributed by atoms with E-state index < -0.39 is 9.84 Å². The highest BCUT2D eigenvalue weighted by atomic mass is 32.2. The van der Waals surface area contributed by atoms with Crippen molar-refractivity contribution in [1.82, 2.24) is 19.9 Å². The third kappa shape index (κ3) is 3.13. The van der Waals surface area contributed by atoms with Gasteiger partial charge in [0.05, 0.1) is 10.6 Å². The van der Waals surface area contributed by atoms with Gasteiger partial charge in [0.1, 0.15) is 10.8 Å². The van der Waals surface area contributed by atoms with E-state index in [1.807, 2.05) is 24.1 Å². The van der Waals surface area contributed by atoms with Crippen LogP contribution in [0.4, 0.5) is 5.82 Å². The highest BCUT2D eigenvalue weighted by molar-refractivity contribution is 7.99. The van der Waals surface area contributed by atoms with E-state index >= 15 is 0 Å². The molecule has 2 aliphatic rings. The Bertz CT molecular complexity index is 1170. The molecule has 152 valence electrons. The maximum absolute atomic E-state index is 13.5. The van der Waals surface area contributed by atoms with Gasteiger partial charge in [0.25, 0.3) is 0 Å². The molecule has 7 nitrogen and oxygen atoms in total. The molecule has 10 heteroatoms. The van der Waals surface area contributed by atoms with E-state index in [1.165, 1.54) is 17.3 Å². The SMILES string of the molecule is CSc1nn2c(N3CCNCC3)c3c(nc2c1S(=O)(=O)c1ccccc1)CSC3. The summed E-state index contributed by atoms with van der Waals surface area (Å²) in [6, 6.07) is 8.55. The Kier molecular flexibility index (Phi) is 4.97. The van der Waals surface area contributed by atoms with Crippen molar-refractivity contribution in [2.75, 3.05) is 37.3 Å². The Hall–Kier alpha value is -1.75. The molecule has 0 radical (unpaired) electrons. The molecule has 0 amide bonds. The molecule has 0 atom stereocenters. The summed E-state index contributed by atoms with van der Waals surface area (Å²) in [7, 11) is -3.73. The van der Waals surface area contributed by atoms with E-state index in [-0.39, 0.29) is 9.79 Å². The molecule has 0 spiro atoms. The van der Waals surface area contributed by atoms with Crippen molar-refractivity contribution >= 4 is 44.8 Å². The fraction of sp³-hybridized carbons (Fsp3) is 0.368. The maximum Gasteiger partial charge on any atom is 0.213 e. The first-order valence-electron chi connectivity index (χ1n) is 9.43. The number of nitrogens with one attached hydrogen (secondary N) is 1. The number of sulfone groups is 1. The zero-order chi connectivity index (χ0) is 20.0. The Labute approximate surface area is 178 Å². The second-order valence-corrected chi connectivity index (χ2v) is 10.6. The smallest absolute Gasteiger partial charge is 0.213 e. The number of aromatic nitrogens is 3. The topological polar surface area (TPSA) is 79.6 Å². The molecular weight excluding hydrogens is 426 g/mol. The molecule has 0 aliphatic carbocycles. The lowest BCUT2D eigenvalue weighted by Crippen LogP contribution is -2.44. The van der Waals surface area contributed by atoms with Crippen LogP contribution >= 0.6 is 23.5 Å². The summed E-state index contributed by atoms with van der Waals surface area (Å²) in [4.78, 5) is 7.61. The summed E-state index contributed by atoms with van der Waals surface area (Å²) in [5.41, 5.74) is 2.60. The quantitative estimate of drug-likeness (QED) is 0.611. The minimum Gasteiger partial charge on any atom is -0.354 e. The highest BCUT2D eigenvalue weighted by Crippen LogP contribution is 2.40. The van der Waals surface area contributed by atoms with Crippen molar-refractivity contribution in [1.29, 1.82) is 0 Å². The van der Waals surface area contributed by atoms with Gasteiger partial charge in [0.15, 0.2) is 10.5 Å². The van der Waals surface area contributed by atoms with Crippen LogP contribution in [-0.2, 0) is 21.3 Å². The van der Waals surface area contributed by atoms with Crippen molar-refractivity contribution in [3.63, 3.8) is 0 Å². The predicted octanol–water partition coefficient (Wildman–Crippen LogP) is 2.44. The molecule has 29 heavy (non-hydrogen) atoms. The van der Waals surface area contributed by atoms with Gasteiger partial charge in [-0.3, -0.25) is 0 Å². The van der Waals surface area contributed by atoms with Gasteiger partial charge in [-0.15, -0.1) is 11.8 Å². The van der Waals surface area contributed by atoms with Gasteiger partial charge in [-0.25, -0.2) is 13.4 Å². The number of thioether (sulfide) groups is 2. The second kappa shape index (κ2) is 7.50. The van der Waals surface area contributed by atoms with Crippen LogP contribution in [-0.4, -0.2) is 55.5 Å². The average molecular weight is 448 g/mol. The summed E-state index contributed by atoms with van der Waals surface area (Å²) >= 11 is 3.16. The number of benzene rings is 1. The van der Waals surface area contributed by atoms with Gasteiger partial charge in [-0.05, 0) is 18.4 Å². The summed E-state index contributed by atoms with van der Waals surface area (Å²) in [6.07, 6.45) is 1.86. The Balaban J connectivity index is 1.80. The number of hydrogen-bond acceptors (Lipinski definition) is 8. The molecule has 4 heterocycles. The fourth-order valence-electron chi connectivity index (χ4n) is 3.88. The average Bonchev–Trinajstić information content (AvgIpc) is 3.37. The van der Waals surface area contributed by atoms with Gasteiger partial charge in [-0.1, -0.05) is 18.2 Å². The molecule has 0 unspecified atom stereocenters. The monoisotopic (exact) mass is 447 g/mol. The zero-order valence-electron chi connectivity index (χ0n) is 16.0. The number of nitrogens with zero attached hydrogens (tertiary/aromatic N) is 4. The van der Waals surface area contributed by atoms with Crippen LogP contribution in [0.1, 0.15) is 11.3 Å². The molecule has 1 aromatic carbocycles. The third-order valence-corrected chi connectivity index (χ3v) is 8.84. The summed E-state index contributed by atoms with van der Waals surface area (Å²) in [6.45, 7) is 3.53. The lowest BCUT2D eigenvalue weighted by atomic mass is 10.2. The van der Waals surface area contributed by atoms with Crippen molar-refractivity contribution in [2.45, 2.75) is 26.3 Å². The van der Waals surface area contributed by atoms with Crippen molar-refractivity contribution in [3.05, 3.63) is 41.6 Å². The van der Waals surface area contributed by atoms with Crippen LogP contribution in [0.5, 0.6) is 0 Å². The highest BCUT2D eigenvalue weighted by Gasteiger charge is 2.33. The number of hydrogen-bond donors (Lipinski definition) is 1. The van der Waals surface area contributed by atoms with Crippen LogP contribution in [0.2, 0.25) is 0 Å². The van der Waals surface area contributed by atoms with E-state index in [0.29, 0.717) is 10.7 Å². The van der Waals surface area contributed by atoms with E-state index in [0.717, 1.165) is 49.2 Å². The van der Waals surface area contributed by atoms with E-state index in [9.17, 15) is 8.42 Å². The van der Waals surface area contributed by atoms with Crippen LogP contribution < -0.4 is 10.2 Å². The molecule has 2 aromatic heterocycles. The van der Waals surface area contributed by atoms with Crippen molar-refractivity contribution in [2.24, 2.45) is 0 Å². The summed E-state index contributed by atoms with van der Waals surface area (Å²) < 4.78 is 28.9. The molecule has 1 N–H and O–H groups in total.